The molecule has 3 nitrogen and oxygen atoms in total. The molecule has 0 spiro atoms. The van der Waals surface area contributed by atoms with Crippen LogP contribution in [0.3, 0.4) is 0 Å². The molecule has 0 aliphatic heterocycles. The van der Waals surface area contributed by atoms with Crippen LogP contribution in [-0.4, -0.2) is 14.5 Å². The minimum atomic E-state index is 0.455. The van der Waals surface area contributed by atoms with Crippen LogP contribution in [0.5, 0.6) is 0 Å². The number of hydrogen-bond donors (Lipinski definition) is 0. The molecule has 0 bridgehead atoms. The Balaban J connectivity index is 2.24. The zero-order chi connectivity index (χ0) is 14.1. The Morgan fingerprint density at radius 1 is 1.30 bits per heavy atom. The van der Waals surface area contributed by atoms with Crippen LogP contribution in [0.2, 0.25) is 5.15 Å². The number of hydrogen-bond acceptors (Lipinski definition) is 2. The van der Waals surface area contributed by atoms with Crippen molar-refractivity contribution in [3.8, 4) is 11.3 Å². The van der Waals surface area contributed by atoms with Gasteiger partial charge in [-0.1, -0.05) is 37.1 Å². The number of rotatable bonds is 3. The molecule has 0 aliphatic rings. The maximum absolute atomic E-state index is 5.97. The Morgan fingerprint density at radius 2 is 2.15 bits per heavy atom. The second kappa shape index (κ2) is 5.25. The first-order valence-corrected chi connectivity index (χ1v) is 7.06. The van der Waals surface area contributed by atoms with Crippen molar-refractivity contribution < 1.29 is 0 Å². The van der Waals surface area contributed by atoms with Crippen LogP contribution in [0, 0.1) is 6.07 Å². The van der Waals surface area contributed by atoms with Crippen LogP contribution < -0.4 is 0 Å². The smallest absolute Gasteiger partial charge is 0.133 e. The fraction of sp³-hybridized carbons (Fsp3) is 0.250. The van der Waals surface area contributed by atoms with Crippen molar-refractivity contribution in [1.82, 2.24) is 14.5 Å². The van der Waals surface area contributed by atoms with E-state index < -0.39 is 0 Å². The molecule has 0 saturated carbocycles. The molecule has 0 amide bonds. The van der Waals surface area contributed by atoms with E-state index in [2.05, 4.69) is 40.6 Å². The summed E-state index contributed by atoms with van der Waals surface area (Å²) < 4.78 is 2.20. The van der Waals surface area contributed by atoms with Crippen LogP contribution in [0.15, 0.2) is 30.6 Å². The van der Waals surface area contributed by atoms with Gasteiger partial charge in [-0.15, -0.1) is 0 Å². The normalized spacial score (nSPS) is 11.2. The van der Waals surface area contributed by atoms with E-state index in [9.17, 15) is 0 Å². The number of fused-ring (bicyclic) bond motifs is 1. The first-order chi connectivity index (χ1) is 9.70. The Labute approximate surface area is 123 Å². The number of halogens is 1. The maximum atomic E-state index is 5.97. The molecule has 0 atom stereocenters. The Kier molecular flexibility index (Phi) is 3.45. The van der Waals surface area contributed by atoms with Crippen molar-refractivity contribution in [3.63, 3.8) is 0 Å². The summed E-state index contributed by atoms with van der Waals surface area (Å²) in [5, 5.41) is 1.55. The highest BCUT2D eigenvalue weighted by Gasteiger charge is 2.11. The molecule has 3 rings (SSSR count). The molecule has 2 aromatic heterocycles. The van der Waals surface area contributed by atoms with Crippen molar-refractivity contribution in [2.45, 2.75) is 19.8 Å². The van der Waals surface area contributed by atoms with Gasteiger partial charge in [0.05, 0.1) is 5.69 Å². The predicted octanol–water partition coefficient (Wildman–Crippen LogP) is 4.04. The maximum Gasteiger partial charge on any atom is 0.133 e. The molecular formula is C16H15ClN3. The third kappa shape index (κ3) is 2.18. The van der Waals surface area contributed by atoms with Gasteiger partial charge in [0, 0.05) is 41.3 Å². The predicted molar refractivity (Wildman–Crippen MR) is 81.8 cm³/mol. The van der Waals surface area contributed by atoms with Crippen molar-refractivity contribution in [2.75, 3.05) is 0 Å². The molecule has 3 aromatic rings. The number of aryl methyl sites for hydroxylation is 2. The van der Waals surface area contributed by atoms with Gasteiger partial charge >= 0.3 is 0 Å². The van der Waals surface area contributed by atoms with E-state index in [-0.39, 0.29) is 0 Å². The van der Waals surface area contributed by atoms with Crippen molar-refractivity contribution in [1.29, 1.82) is 0 Å². The monoisotopic (exact) mass is 284 g/mol. The van der Waals surface area contributed by atoms with Crippen molar-refractivity contribution >= 4 is 22.5 Å². The molecule has 0 aliphatic carbocycles. The average Bonchev–Trinajstić information content (AvgIpc) is 2.76. The summed E-state index contributed by atoms with van der Waals surface area (Å²) in [6, 6.07) is 11.5. The minimum absolute atomic E-state index is 0.455. The molecule has 1 aromatic carbocycles. The summed E-state index contributed by atoms with van der Waals surface area (Å²) in [7, 11) is 2.08. The highest BCUT2D eigenvalue weighted by Crippen LogP contribution is 2.30. The highest BCUT2D eigenvalue weighted by atomic mass is 35.5. The first-order valence-electron chi connectivity index (χ1n) is 6.68. The summed E-state index contributed by atoms with van der Waals surface area (Å²) in [6.07, 6.45) is 3.62. The zero-order valence-electron chi connectivity index (χ0n) is 11.5. The Morgan fingerprint density at radius 3 is 2.90 bits per heavy atom. The lowest BCUT2D eigenvalue weighted by Crippen LogP contribution is -1.94. The second-order valence-electron chi connectivity index (χ2n) is 4.81. The molecule has 4 heteroatoms. The van der Waals surface area contributed by atoms with E-state index in [4.69, 9.17) is 11.6 Å². The fourth-order valence-electron chi connectivity index (χ4n) is 2.49. The molecule has 20 heavy (non-hydrogen) atoms. The van der Waals surface area contributed by atoms with Gasteiger partial charge in [0.15, 0.2) is 0 Å². The molecule has 0 unspecified atom stereocenters. The molecular weight excluding hydrogens is 270 g/mol. The summed E-state index contributed by atoms with van der Waals surface area (Å²) in [4.78, 5) is 8.26. The lowest BCUT2D eigenvalue weighted by molar-refractivity contribution is 0.803. The molecule has 101 valence electrons. The van der Waals surface area contributed by atoms with E-state index in [1.54, 1.807) is 6.07 Å². The Bertz CT molecular complexity index is 762. The third-order valence-electron chi connectivity index (χ3n) is 3.47. The standard InChI is InChI=1S/C16H15ClN3/c1-3-5-11-8-13-12(6-4-7-15(13)20(11)2)14-9-16(17)19-10-18-14/h4,6-7,9-10H,3,5H2,1-2H3. The first kappa shape index (κ1) is 13.1. The second-order valence-corrected chi connectivity index (χ2v) is 5.19. The van der Waals surface area contributed by atoms with Gasteiger partial charge in [0.1, 0.15) is 11.5 Å². The van der Waals surface area contributed by atoms with Crippen molar-refractivity contribution in [3.05, 3.63) is 47.5 Å². The van der Waals surface area contributed by atoms with Gasteiger partial charge in [0.2, 0.25) is 0 Å². The number of benzene rings is 1. The molecule has 0 saturated heterocycles. The van der Waals surface area contributed by atoms with Gasteiger partial charge in [-0.05, 0) is 12.5 Å². The SMILES string of the molecule is CCCc1[c]c2c(-c3cc(Cl)ncn3)cccc2n1C. The summed E-state index contributed by atoms with van der Waals surface area (Å²) >= 11 is 5.97. The van der Waals surface area contributed by atoms with Gasteiger partial charge in [-0.25, -0.2) is 9.97 Å². The lowest BCUT2D eigenvalue weighted by Gasteiger charge is -2.04. The topological polar surface area (TPSA) is 30.7 Å². The van der Waals surface area contributed by atoms with Gasteiger partial charge in [-0.3, -0.25) is 0 Å². The van der Waals surface area contributed by atoms with E-state index in [1.165, 1.54) is 17.5 Å². The van der Waals surface area contributed by atoms with Gasteiger partial charge in [-0.2, -0.15) is 0 Å². The van der Waals surface area contributed by atoms with E-state index in [1.807, 2.05) is 12.1 Å². The van der Waals surface area contributed by atoms with E-state index in [0.717, 1.165) is 29.5 Å². The van der Waals surface area contributed by atoms with Gasteiger partial charge < -0.3 is 4.57 Å². The summed E-state index contributed by atoms with van der Waals surface area (Å²) in [6.45, 7) is 2.18. The van der Waals surface area contributed by atoms with Crippen LogP contribution in [-0.2, 0) is 13.5 Å². The third-order valence-corrected chi connectivity index (χ3v) is 3.68. The summed E-state index contributed by atoms with van der Waals surface area (Å²) in [5.74, 6) is 0. The largest absolute Gasteiger partial charge is 0.347 e. The Hall–Kier alpha value is -1.87. The molecule has 0 N–H and O–H groups in total. The summed E-state index contributed by atoms with van der Waals surface area (Å²) in [5.41, 5.74) is 4.26. The van der Waals surface area contributed by atoms with Crippen LogP contribution in [0.1, 0.15) is 19.0 Å². The van der Waals surface area contributed by atoms with Crippen LogP contribution in [0.4, 0.5) is 0 Å². The minimum Gasteiger partial charge on any atom is -0.347 e. The average molecular weight is 285 g/mol. The van der Waals surface area contributed by atoms with Crippen molar-refractivity contribution in [2.24, 2.45) is 7.05 Å². The molecule has 0 fully saturated rings. The van der Waals surface area contributed by atoms with E-state index >= 15 is 0 Å². The number of nitrogens with zero attached hydrogens (tertiary/aromatic N) is 3. The lowest BCUT2D eigenvalue weighted by atomic mass is 10.1. The quantitative estimate of drug-likeness (QED) is 0.680. The van der Waals surface area contributed by atoms with E-state index in [0.29, 0.717) is 5.15 Å². The van der Waals surface area contributed by atoms with Crippen LogP contribution >= 0.6 is 11.6 Å². The van der Waals surface area contributed by atoms with Gasteiger partial charge in [0.25, 0.3) is 0 Å². The van der Waals surface area contributed by atoms with Crippen LogP contribution in [0.25, 0.3) is 22.2 Å². The fourth-order valence-corrected chi connectivity index (χ4v) is 2.63. The molecule has 1 radical (unpaired) electrons. The molecule has 2 heterocycles. The number of aromatic nitrogens is 3. The highest BCUT2D eigenvalue weighted by molar-refractivity contribution is 6.29. The zero-order valence-corrected chi connectivity index (χ0v) is 12.3.